The van der Waals surface area contributed by atoms with Gasteiger partial charge in [0.2, 0.25) is 5.91 Å². The number of rotatable bonds is 15. The maximum Gasteiger partial charge on any atom is 0.376 e. The summed E-state index contributed by atoms with van der Waals surface area (Å²) in [5.74, 6) is 0.959. The molecule has 1 amide bonds. The van der Waals surface area contributed by atoms with Gasteiger partial charge in [-0.05, 0) is 174 Å². The van der Waals surface area contributed by atoms with Crippen LogP contribution in [-0.4, -0.2) is 203 Å². The Morgan fingerprint density at radius 3 is 1.09 bits per heavy atom. The van der Waals surface area contributed by atoms with Crippen molar-refractivity contribution in [3.05, 3.63) is 47.5 Å². The van der Waals surface area contributed by atoms with Gasteiger partial charge in [0, 0.05) is 24.8 Å². The summed E-state index contributed by atoms with van der Waals surface area (Å²) in [5, 5.41) is 53.0. The minimum atomic E-state index is -0.708. The molecular formula is C51H85B3N6O15. The Hall–Kier alpha value is -4.78. The van der Waals surface area contributed by atoms with Crippen LogP contribution >= 0.6 is 0 Å². The summed E-state index contributed by atoms with van der Waals surface area (Å²) in [7, 11) is 8.06. The van der Waals surface area contributed by atoms with Crippen molar-refractivity contribution in [3.63, 3.8) is 0 Å². The molecule has 24 heteroatoms. The molecule has 0 bridgehead atoms. The van der Waals surface area contributed by atoms with Gasteiger partial charge in [0.1, 0.15) is 0 Å². The Labute approximate surface area is 445 Å². The smallest absolute Gasteiger partial charge is 0.376 e. The first-order chi connectivity index (χ1) is 35.8. The number of aliphatic carboxylic acids is 2. The molecule has 0 spiro atoms. The molecule has 5 aliphatic rings. The number of hydrogen-bond acceptors (Lipinski definition) is 18. The lowest BCUT2D eigenvalue weighted by Crippen LogP contribution is -2.46. The van der Waals surface area contributed by atoms with Crippen molar-refractivity contribution < 1.29 is 73.0 Å². The number of carboxylic acid groups (broad SMARTS) is 2. The van der Waals surface area contributed by atoms with Crippen LogP contribution in [0.4, 0.5) is 0 Å². The van der Waals surface area contributed by atoms with Gasteiger partial charge in [-0.2, -0.15) is 0 Å². The molecule has 7 rings (SSSR count). The molecule has 5 heterocycles. The highest BCUT2D eigenvalue weighted by atomic mass is 16.7. The number of hydroxylamine groups is 2. The molecule has 5 fully saturated rings. The monoisotopic (exact) mass is 1050 g/mol. The van der Waals surface area contributed by atoms with Gasteiger partial charge in [-0.25, -0.2) is 5.06 Å². The number of carboxylic acids is 2. The lowest BCUT2D eigenvalue weighted by Gasteiger charge is -2.33. The van der Waals surface area contributed by atoms with Gasteiger partial charge in [-0.3, -0.25) is 28.8 Å². The molecule has 418 valence electrons. The second-order valence-corrected chi connectivity index (χ2v) is 19.4. The number of carbonyl (C=O) groups excluding carboxylic acids is 3. The van der Waals surface area contributed by atoms with Crippen molar-refractivity contribution >= 4 is 50.6 Å². The van der Waals surface area contributed by atoms with Crippen LogP contribution in [0.3, 0.4) is 0 Å². The number of hydrogen-bond donors (Lipinski definition) is 7. The summed E-state index contributed by atoms with van der Waals surface area (Å²) >= 11 is 0. The molecule has 5 aliphatic heterocycles. The zero-order chi connectivity index (χ0) is 55.6. The van der Waals surface area contributed by atoms with E-state index in [0.717, 1.165) is 104 Å². The van der Waals surface area contributed by atoms with Gasteiger partial charge in [0.25, 0.3) is 0 Å². The van der Waals surface area contributed by atoms with E-state index in [1.807, 2.05) is 26.6 Å². The minimum Gasteiger partial charge on any atom is -0.493 e. The number of ether oxygens (including phenoxy) is 4. The number of methoxy groups -OCH3 is 4. The number of ketones is 2. The Bertz CT molecular complexity index is 2040. The second-order valence-electron chi connectivity index (χ2n) is 19.4. The van der Waals surface area contributed by atoms with Crippen LogP contribution < -0.4 is 29.6 Å². The predicted molar refractivity (Wildman–Crippen MR) is 288 cm³/mol. The van der Waals surface area contributed by atoms with Crippen LogP contribution in [0.5, 0.6) is 23.0 Å². The van der Waals surface area contributed by atoms with E-state index < -0.39 is 33.1 Å². The van der Waals surface area contributed by atoms with Crippen molar-refractivity contribution in [1.82, 2.24) is 30.1 Å². The zero-order valence-corrected chi connectivity index (χ0v) is 45.8. The van der Waals surface area contributed by atoms with Crippen molar-refractivity contribution in [3.8, 4) is 23.0 Å². The summed E-state index contributed by atoms with van der Waals surface area (Å²) < 4.78 is 21.1. The number of benzene rings is 2. The molecule has 0 saturated carbocycles. The van der Waals surface area contributed by atoms with Gasteiger partial charge in [0.05, 0.1) is 58.5 Å². The van der Waals surface area contributed by atoms with E-state index in [1.54, 1.807) is 80.2 Å². The highest BCUT2D eigenvalue weighted by Crippen LogP contribution is 2.35. The predicted octanol–water partition coefficient (Wildman–Crippen LogP) is 3.39. The van der Waals surface area contributed by atoms with Crippen molar-refractivity contribution in [2.45, 2.75) is 84.7 Å². The molecule has 2 aromatic carbocycles. The molecule has 0 aromatic heterocycles. The Morgan fingerprint density at radius 1 is 0.493 bits per heavy atom. The third kappa shape index (κ3) is 20.6. The van der Waals surface area contributed by atoms with Gasteiger partial charge in [-0.1, -0.05) is 12.1 Å². The van der Waals surface area contributed by atoms with Crippen molar-refractivity contribution in [1.29, 1.82) is 0 Å². The number of Topliss-reactive ketones (excluding diaryl/α,β-unsaturated/α-hetero) is 2. The summed E-state index contributed by atoms with van der Waals surface area (Å²) in [5.41, 5.74) is 1.20. The average Bonchev–Trinajstić information content (AvgIpc) is 3.44. The maximum absolute atomic E-state index is 12.7. The molecule has 0 atom stereocenters. The van der Waals surface area contributed by atoms with Gasteiger partial charge in [0.15, 0.2) is 34.6 Å². The Morgan fingerprint density at radius 2 is 0.800 bits per heavy atom. The zero-order valence-electron chi connectivity index (χ0n) is 45.8. The van der Waals surface area contributed by atoms with Crippen LogP contribution in [0.15, 0.2) is 36.4 Å². The molecule has 0 unspecified atom stereocenters. The molecule has 0 aliphatic carbocycles. The Kier molecular flexibility index (Phi) is 29.3. The first-order valence-corrected chi connectivity index (χ1v) is 26.3. The average molecular weight is 1050 g/mol. The van der Waals surface area contributed by atoms with E-state index >= 15 is 0 Å². The lowest BCUT2D eigenvalue weighted by atomic mass is 9.79. The number of para-hydroxylation sites is 2. The van der Waals surface area contributed by atoms with E-state index in [0.29, 0.717) is 60.1 Å². The van der Waals surface area contributed by atoms with E-state index in [4.69, 9.17) is 34.0 Å². The third-order valence-electron chi connectivity index (χ3n) is 14.6. The second kappa shape index (κ2) is 34.1. The molecule has 21 nitrogen and oxygen atoms in total. The van der Waals surface area contributed by atoms with E-state index in [1.165, 1.54) is 12.2 Å². The number of nitrogens with one attached hydrogen (secondary N) is 2. The molecule has 7 N–H and O–H groups in total. The quantitative estimate of drug-likeness (QED) is 0.0765. The standard InChI is InChI=1S/C15H22BNO4.C14H19NO3.C9H19BN2O3.C7H14BNO3.C6H11NO2/c1-16(19)17-9-7-11(8-10-17)14(18)12-5-4-6-13(20-2)15(12)21-3;1-17-12-5-3-4-11(14(12)18-2)13(16)10-6-8-15-9-7-10;1-10(14)12-6-4-8(5-7-12)9(13)11(2)15-3;1-8(12)9-4-2-6(3-5-9)7(10)11;8-6(9)5-1-3-7-4-2-5/h4-6,11,19H,7-10H2,1-3H3;3-5,10,15H,6-9H2,1-2H3;8,14H,4-7H2,1-3H3;6,12H,2-5H2,1H3,(H,10,11);5,7H,1-4H2,(H,8,9). The molecule has 0 radical (unpaired) electrons. The maximum atomic E-state index is 12.7. The molecular weight excluding hydrogens is 969 g/mol. The van der Waals surface area contributed by atoms with Crippen LogP contribution in [0.25, 0.3) is 0 Å². The van der Waals surface area contributed by atoms with E-state index in [9.17, 15) is 39.0 Å². The van der Waals surface area contributed by atoms with Crippen LogP contribution in [-0.2, 0) is 19.2 Å². The SMILES string of the molecule is CB(O)N1CCC(C(=O)O)CC1.CON(C)C(=O)C1CCN(B(C)O)CC1.COc1cccc(C(=O)C2CCN(B(C)O)CC2)c1OC.COc1cccc(C(=O)C2CCNCC2)c1OC.O=C(O)C1CCNCC1. The van der Waals surface area contributed by atoms with Crippen LogP contribution in [0.1, 0.15) is 84.9 Å². The fourth-order valence-electron chi connectivity index (χ4n) is 9.68. The normalized spacial score (nSPS) is 18.3. The third-order valence-corrected chi connectivity index (χ3v) is 14.6. The Balaban J connectivity index is 0.000000254. The molecule has 5 saturated heterocycles. The lowest BCUT2D eigenvalue weighted by molar-refractivity contribution is -0.174. The van der Waals surface area contributed by atoms with Gasteiger partial charge >= 0.3 is 33.1 Å². The summed E-state index contributed by atoms with van der Waals surface area (Å²) in [6, 6.07) is 10.8. The van der Waals surface area contributed by atoms with Gasteiger partial charge in [-0.15, -0.1) is 0 Å². The molecule has 75 heavy (non-hydrogen) atoms. The van der Waals surface area contributed by atoms with E-state index in [2.05, 4.69) is 10.6 Å². The van der Waals surface area contributed by atoms with Crippen molar-refractivity contribution in [2.75, 3.05) is 108 Å². The number of piperidine rings is 5. The van der Waals surface area contributed by atoms with E-state index in [-0.39, 0.29) is 47.1 Å². The number of amides is 1. The highest BCUT2D eigenvalue weighted by Gasteiger charge is 2.33. The molecule has 2 aromatic rings. The number of nitrogens with zero attached hydrogens (tertiary/aromatic N) is 4. The fourth-order valence-corrected chi connectivity index (χ4v) is 9.68. The van der Waals surface area contributed by atoms with Gasteiger partial charge < -0.3 is 69.3 Å². The summed E-state index contributed by atoms with van der Waals surface area (Å²) in [4.78, 5) is 68.5. The fraction of sp³-hybridized carbons (Fsp3) is 0.667. The van der Waals surface area contributed by atoms with Crippen molar-refractivity contribution in [2.24, 2.45) is 29.6 Å². The summed E-state index contributed by atoms with van der Waals surface area (Å²) in [6.07, 6.45) is 7.74. The topological polar surface area (TPSA) is 270 Å². The van der Waals surface area contributed by atoms with Crippen LogP contribution in [0.2, 0.25) is 20.5 Å². The number of carbonyl (C=O) groups is 5. The summed E-state index contributed by atoms with van der Waals surface area (Å²) in [6.45, 7) is 13.1. The van der Waals surface area contributed by atoms with Crippen LogP contribution in [0, 0.1) is 29.6 Å². The first kappa shape index (κ1) is 64.5. The largest absolute Gasteiger partial charge is 0.493 e. The highest BCUT2D eigenvalue weighted by molar-refractivity contribution is 6.45. The minimum absolute atomic E-state index is 0.0268. The first-order valence-electron chi connectivity index (χ1n) is 26.3.